The number of thiophene rings is 1. The summed E-state index contributed by atoms with van der Waals surface area (Å²) < 4.78 is 26.4. The van der Waals surface area contributed by atoms with E-state index in [2.05, 4.69) is 0 Å². The van der Waals surface area contributed by atoms with E-state index in [1.54, 1.807) is 6.92 Å². The second-order valence-corrected chi connectivity index (χ2v) is 7.47. The van der Waals surface area contributed by atoms with Gasteiger partial charge in [-0.2, -0.15) is 15.6 Å². The Labute approximate surface area is 127 Å². The maximum Gasteiger partial charge on any atom is 0.335 e. The Balaban J connectivity index is 2.38. The predicted octanol–water partition coefficient (Wildman–Crippen LogP) is 2.58. The number of hydrogen-bond acceptors (Lipinski definition) is 4. The Kier molecular flexibility index (Phi) is 4.46. The number of nitrogens with zero attached hydrogens (tertiary/aromatic N) is 1. The fourth-order valence-electron chi connectivity index (χ4n) is 1.90. The molecule has 2 rings (SSSR count). The number of aromatic carboxylic acids is 1. The van der Waals surface area contributed by atoms with Crippen LogP contribution in [-0.2, 0) is 16.6 Å². The van der Waals surface area contributed by atoms with Crippen LogP contribution in [0.25, 0.3) is 0 Å². The van der Waals surface area contributed by atoms with Crippen LogP contribution in [0.2, 0.25) is 0 Å². The van der Waals surface area contributed by atoms with E-state index in [9.17, 15) is 13.2 Å². The third kappa shape index (κ3) is 3.31. The van der Waals surface area contributed by atoms with Crippen LogP contribution in [0.15, 0.2) is 39.9 Å². The van der Waals surface area contributed by atoms with Crippen LogP contribution in [0.4, 0.5) is 0 Å². The normalized spacial score (nSPS) is 11.8. The van der Waals surface area contributed by atoms with Crippen molar-refractivity contribution in [3.8, 4) is 0 Å². The molecule has 1 N–H and O–H groups in total. The second-order valence-electron chi connectivity index (χ2n) is 4.68. The van der Waals surface area contributed by atoms with E-state index < -0.39 is 16.0 Å². The summed E-state index contributed by atoms with van der Waals surface area (Å²) in [7, 11) is -2.24. The van der Waals surface area contributed by atoms with Gasteiger partial charge < -0.3 is 5.11 Å². The molecule has 0 aliphatic rings. The number of benzene rings is 1. The van der Waals surface area contributed by atoms with Crippen LogP contribution in [0.3, 0.4) is 0 Å². The topological polar surface area (TPSA) is 74.7 Å². The van der Waals surface area contributed by atoms with Crippen LogP contribution in [0, 0.1) is 6.92 Å². The summed E-state index contributed by atoms with van der Waals surface area (Å²) in [5.41, 5.74) is 1.39. The Morgan fingerprint density at radius 2 is 2.05 bits per heavy atom. The van der Waals surface area contributed by atoms with Gasteiger partial charge in [0.15, 0.2) is 0 Å². The van der Waals surface area contributed by atoms with Crippen LogP contribution < -0.4 is 0 Å². The SMILES string of the molecule is Cc1ccc(C(=O)O)cc1S(=O)(=O)N(C)Cc1ccsc1. The maximum atomic E-state index is 12.6. The van der Waals surface area contributed by atoms with Gasteiger partial charge in [-0.1, -0.05) is 6.07 Å². The summed E-state index contributed by atoms with van der Waals surface area (Å²) >= 11 is 1.50. The lowest BCUT2D eigenvalue weighted by molar-refractivity contribution is 0.0696. The number of sulfonamides is 1. The zero-order chi connectivity index (χ0) is 15.6. The molecule has 112 valence electrons. The molecule has 0 radical (unpaired) electrons. The van der Waals surface area contributed by atoms with Crippen molar-refractivity contribution in [1.29, 1.82) is 0 Å². The minimum atomic E-state index is -3.73. The zero-order valence-corrected chi connectivity index (χ0v) is 13.2. The molecule has 0 bridgehead atoms. The molecule has 0 unspecified atom stereocenters. The average molecular weight is 325 g/mol. The highest BCUT2D eigenvalue weighted by molar-refractivity contribution is 7.89. The van der Waals surface area contributed by atoms with E-state index in [4.69, 9.17) is 5.11 Å². The van der Waals surface area contributed by atoms with E-state index in [1.807, 2.05) is 16.8 Å². The van der Waals surface area contributed by atoms with Gasteiger partial charge in [0.2, 0.25) is 10.0 Å². The van der Waals surface area contributed by atoms with Gasteiger partial charge in [0.05, 0.1) is 10.5 Å². The molecule has 1 aromatic heterocycles. The lowest BCUT2D eigenvalue weighted by Gasteiger charge is -2.18. The first kappa shape index (κ1) is 15.7. The van der Waals surface area contributed by atoms with Gasteiger partial charge in [0.25, 0.3) is 0 Å². The first-order valence-electron chi connectivity index (χ1n) is 6.13. The highest BCUT2D eigenvalue weighted by Crippen LogP contribution is 2.22. The Morgan fingerprint density at radius 3 is 2.62 bits per heavy atom. The predicted molar refractivity (Wildman–Crippen MR) is 81.1 cm³/mol. The third-order valence-electron chi connectivity index (χ3n) is 3.11. The largest absolute Gasteiger partial charge is 0.478 e. The van der Waals surface area contributed by atoms with Crippen LogP contribution in [0.5, 0.6) is 0 Å². The lowest BCUT2D eigenvalue weighted by Crippen LogP contribution is -2.27. The summed E-state index contributed by atoms with van der Waals surface area (Å²) in [6.45, 7) is 1.90. The van der Waals surface area contributed by atoms with Crippen LogP contribution in [0.1, 0.15) is 21.5 Å². The van der Waals surface area contributed by atoms with Gasteiger partial charge in [0, 0.05) is 13.6 Å². The minimum Gasteiger partial charge on any atom is -0.478 e. The summed E-state index contributed by atoms with van der Waals surface area (Å²) in [5, 5.41) is 12.8. The van der Waals surface area contributed by atoms with Gasteiger partial charge in [-0.3, -0.25) is 0 Å². The third-order valence-corrected chi connectivity index (χ3v) is 5.79. The summed E-state index contributed by atoms with van der Waals surface area (Å²) in [5.74, 6) is -1.15. The Hall–Kier alpha value is -1.70. The molecule has 5 nitrogen and oxygen atoms in total. The molecular weight excluding hydrogens is 310 g/mol. The van der Waals surface area contributed by atoms with Crippen molar-refractivity contribution in [2.45, 2.75) is 18.4 Å². The van der Waals surface area contributed by atoms with Gasteiger partial charge in [-0.25, -0.2) is 13.2 Å². The fourth-order valence-corrected chi connectivity index (χ4v) is 3.97. The Morgan fingerprint density at radius 1 is 1.33 bits per heavy atom. The minimum absolute atomic E-state index is 0.0279. The highest BCUT2D eigenvalue weighted by Gasteiger charge is 2.24. The summed E-state index contributed by atoms with van der Waals surface area (Å²) in [4.78, 5) is 11.0. The lowest BCUT2D eigenvalue weighted by atomic mass is 10.1. The quantitative estimate of drug-likeness (QED) is 0.917. The molecule has 7 heteroatoms. The number of aryl methyl sites for hydroxylation is 1. The molecule has 0 spiro atoms. The molecule has 0 amide bonds. The fraction of sp³-hybridized carbons (Fsp3) is 0.214. The molecule has 0 saturated carbocycles. The van der Waals surface area contributed by atoms with Crippen molar-refractivity contribution in [3.05, 3.63) is 51.7 Å². The zero-order valence-electron chi connectivity index (χ0n) is 11.6. The first-order valence-corrected chi connectivity index (χ1v) is 8.52. The van der Waals surface area contributed by atoms with Crippen molar-refractivity contribution in [3.63, 3.8) is 0 Å². The molecule has 0 atom stereocenters. The van der Waals surface area contributed by atoms with E-state index in [0.29, 0.717) is 5.56 Å². The molecule has 2 aromatic rings. The molecule has 0 fully saturated rings. The van der Waals surface area contributed by atoms with Crippen LogP contribution >= 0.6 is 11.3 Å². The number of rotatable bonds is 5. The first-order chi connectivity index (χ1) is 9.82. The number of carbonyl (C=O) groups is 1. The monoisotopic (exact) mass is 325 g/mol. The maximum absolute atomic E-state index is 12.6. The van der Waals surface area contributed by atoms with E-state index >= 15 is 0 Å². The summed E-state index contributed by atoms with van der Waals surface area (Å²) in [6.07, 6.45) is 0. The molecule has 1 aromatic carbocycles. The molecule has 0 aliphatic carbocycles. The van der Waals surface area contributed by atoms with Crippen molar-refractivity contribution >= 4 is 27.3 Å². The Bertz CT molecular complexity index is 751. The van der Waals surface area contributed by atoms with Crippen molar-refractivity contribution in [2.24, 2.45) is 0 Å². The smallest absolute Gasteiger partial charge is 0.335 e. The van der Waals surface area contributed by atoms with Crippen LogP contribution in [-0.4, -0.2) is 30.8 Å². The second kappa shape index (κ2) is 5.97. The molecule has 21 heavy (non-hydrogen) atoms. The molecule has 0 saturated heterocycles. The number of hydrogen-bond donors (Lipinski definition) is 1. The standard InChI is InChI=1S/C14H15NO4S2/c1-10-3-4-12(14(16)17)7-13(10)21(18,19)15(2)8-11-5-6-20-9-11/h3-7,9H,8H2,1-2H3,(H,16,17). The number of carboxylic acid groups (broad SMARTS) is 1. The van der Waals surface area contributed by atoms with Gasteiger partial charge in [-0.15, -0.1) is 0 Å². The van der Waals surface area contributed by atoms with Crippen molar-refractivity contribution < 1.29 is 18.3 Å². The molecule has 0 aliphatic heterocycles. The molecule has 1 heterocycles. The van der Waals surface area contributed by atoms with Gasteiger partial charge >= 0.3 is 5.97 Å². The molecular formula is C14H15NO4S2. The number of carboxylic acids is 1. The summed E-state index contributed by atoms with van der Waals surface area (Å²) in [6, 6.07) is 5.97. The van der Waals surface area contributed by atoms with E-state index in [0.717, 1.165) is 5.56 Å². The van der Waals surface area contributed by atoms with Crippen molar-refractivity contribution in [2.75, 3.05) is 7.05 Å². The van der Waals surface area contributed by atoms with E-state index in [1.165, 1.54) is 40.9 Å². The average Bonchev–Trinajstić information content (AvgIpc) is 2.91. The van der Waals surface area contributed by atoms with E-state index in [-0.39, 0.29) is 17.0 Å². The van der Waals surface area contributed by atoms with Gasteiger partial charge in [-0.05, 0) is 47.0 Å². The highest BCUT2D eigenvalue weighted by atomic mass is 32.2. The van der Waals surface area contributed by atoms with Crippen molar-refractivity contribution in [1.82, 2.24) is 4.31 Å². The van der Waals surface area contributed by atoms with Gasteiger partial charge in [0.1, 0.15) is 0 Å².